The quantitative estimate of drug-likeness (QED) is 0.492. The number of hydrogen-bond acceptors (Lipinski definition) is 2. The van der Waals surface area contributed by atoms with E-state index in [1.807, 2.05) is 24.3 Å². The molecule has 140 valence electrons. The maximum atomic E-state index is 13.1. The van der Waals surface area contributed by atoms with Crippen molar-refractivity contribution in [2.24, 2.45) is 0 Å². The lowest BCUT2D eigenvalue weighted by atomic mass is 10.1. The van der Waals surface area contributed by atoms with Crippen LogP contribution in [0.4, 0.5) is 18.9 Å². The minimum Gasteiger partial charge on any atom is -0.338 e. The molecule has 2 N–H and O–H groups in total. The summed E-state index contributed by atoms with van der Waals surface area (Å²) in [4.78, 5) is 20.0. The van der Waals surface area contributed by atoms with E-state index in [1.165, 1.54) is 12.1 Å². The Hall–Kier alpha value is -3.61. The van der Waals surface area contributed by atoms with Crippen LogP contribution in [0.1, 0.15) is 15.9 Å². The fraction of sp³-hybridized carbons (Fsp3) is 0.0476. The van der Waals surface area contributed by atoms with Gasteiger partial charge in [-0.3, -0.25) is 4.79 Å². The van der Waals surface area contributed by atoms with Crippen molar-refractivity contribution in [3.63, 3.8) is 0 Å². The Bertz CT molecular complexity index is 1110. The van der Waals surface area contributed by atoms with Crippen LogP contribution in [0.2, 0.25) is 0 Å². The van der Waals surface area contributed by atoms with Crippen molar-refractivity contribution >= 4 is 22.6 Å². The zero-order valence-corrected chi connectivity index (χ0v) is 14.4. The van der Waals surface area contributed by atoms with Crippen molar-refractivity contribution in [1.82, 2.24) is 9.97 Å². The molecule has 0 aliphatic carbocycles. The van der Waals surface area contributed by atoms with Crippen molar-refractivity contribution in [2.45, 2.75) is 6.18 Å². The first-order valence-electron chi connectivity index (χ1n) is 8.44. The van der Waals surface area contributed by atoms with Crippen molar-refractivity contribution in [1.29, 1.82) is 0 Å². The van der Waals surface area contributed by atoms with Crippen LogP contribution in [0, 0.1) is 0 Å². The highest BCUT2D eigenvalue weighted by molar-refractivity contribution is 6.05. The molecular weight excluding hydrogens is 367 g/mol. The molecule has 0 bridgehead atoms. The van der Waals surface area contributed by atoms with Crippen LogP contribution in [-0.2, 0) is 6.18 Å². The third kappa shape index (κ3) is 3.46. The number of imidazole rings is 1. The fourth-order valence-electron chi connectivity index (χ4n) is 2.93. The fourth-order valence-corrected chi connectivity index (χ4v) is 2.93. The smallest absolute Gasteiger partial charge is 0.338 e. The highest BCUT2D eigenvalue weighted by Gasteiger charge is 2.34. The summed E-state index contributed by atoms with van der Waals surface area (Å²) in [6.07, 6.45) is -4.60. The van der Waals surface area contributed by atoms with E-state index in [9.17, 15) is 18.0 Å². The molecule has 7 heteroatoms. The molecule has 0 aliphatic heterocycles. The van der Waals surface area contributed by atoms with Crippen LogP contribution < -0.4 is 5.32 Å². The minimum atomic E-state index is -4.60. The first-order chi connectivity index (χ1) is 13.4. The van der Waals surface area contributed by atoms with Gasteiger partial charge >= 0.3 is 6.18 Å². The predicted molar refractivity (Wildman–Crippen MR) is 101 cm³/mol. The number of para-hydroxylation sites is 2. The highest BCUT2D eigenvalue weighted by Crippen LogP contribution is 2.32. The summed E-state index contributed by atoms with van der Waals surface area (Å²) in [6, 6.07) is 19.0. The van der Waals surface area contributed by atoms with Gasteiger partial charge < -0.3 is 10.3 Å². The Kier molecular flexibility index (Phi) is 4.35. The lowest BCUT2D eigenvalue weighted by Crippen LogP contribution is -2.18. The molecule has 0 aliphatic rings. The first-order valence-corrected chi connectivity index (χ1v) is 8.44. The van der Waals surface area contributed by atoms with E-state index in [-0.39, 0.29) is 0 Å². The summed E-state index contributed by atoms with van der Waals surface area (Å²) in [5, 5.41) is 2.51. The zero-order valence-electron chi connectivity index (χ0n) is 14.4. The highest BCUT2D eigenvalue weighted by atomic mass is 19.4. The maximum absolute atomic E-state index is 13.1. The van der Waals surface area contributed by atoms with E-state index in [2.05, 4.69) is 15.3 Å². The molecule has 1 heterocycles. The summed E-state index contributed by atoms with van der Waals surface area (Å²) < 4.78 is 39.3. The van der Waals surface area contributed by atoms with E-state index in [0.717, 1.165) is 28.7 Å². The number of fused-ring (bicyclic) bond motifs is 1. The monoisotopic (exact) mass is 381 g/mol. The van der Waals surface area contributed by atoms with Crippen molar-refractivity contribution in [2.75, 3.05) is 5.32 Å². The van der Waals surface area contributed by atoms with Crippen LogP contribution in [0.5, 0.6) is 0 Å². The van der Waals surface area contributed by atoms with E-state index in [0.29, 0.717) is 11.5 Å². The van der Waals surface area contributed by atoms with Crippen LogP contribution >= 0.6 is 0 Å². The van der Waals surface area contributed by atoms with Crippen molar-refractivity contribution < 1.29 is 18.0 Å². The van der Waals surface area contributed by atoms with Crippen LogP contribution in [0.3, 0.4) is 0 Å². The number of carbonyl (C=O) groups is 1. The minimum absolute atomic E-state index is 0.391. The van der Waals surface area contributed by atoms with Gasteiger partial charge in [-0.15, -0.1) is 0 Å². The molecule has 0 fully saturated rings. The van der Waals surface area contributed by atoms with Crippen LogP contribution in [0.25, 0.3) is 22.4 Å². The summed E-state index contributed by atoms with van der Waals surface area (Å²) in [5.74, 6) is -0.147. The van der Waals surface area contributed by atoms with Gasteiger partial charge in [-0.2, -0.15) is 13.2 Å². The topological polar surface area (TPSA) is 57.8 Å². The summed E-state index contributed by atoms with van der Waals surface area (Å²) in [7, 11) is 0. The SMILES string of the molecule is O=C(Nc1ccc(-c2nc3ccccc3[nH]2)cc1)c1ccccc1C(F)(F)F. The van der Waals surface area contributed by atoms with Gasteiger partial charge in [0.05, 0.1) is 22.2 Å². The number of hydrogen-bond donors (Lipinski definition) is 2. The maximum Gasteiger partial charge on any atom is 0.417 e. The molecular formula is C21H14F3N3O. The van der Waals surface area contributed by atoms with Crippen molar-refractivity contribution in [3.05, 3.63) is 83.9 Å². The number of nitrogens with zero attached hydrogens (tertiary/aromatic N) is 1. The molecule has 0 saturated carbocycles. The third-order valence-electron chi connectivity index (χ3n) is 4.28. The van der Waals surface area contributed by atoms with Gasteiger partial charge in [-0.1, -0.05) is 24.3 Å². The standard InChI is InChI=1S/C21H14F3N3O/c22-21(23,24)16-6-2-1-5-15(16)20(28)25-14-11-9-13(10-12-14)19-26-17-7-3-4-8-18(17)27-19/h1-12H,(H,25,28)(H,26,27). The number of amides is 1. The predicted octanol–water partition coefficient (Wildman–Crippen LogP) is 5.50. The Morgan fingerprint density at radius 1 is 0.893 bits per heavy atom. The number of nitrogens with one attached hydrogen (secondary N) is 2. The molecule has 4 rings (SSSR count). The van der Waals surface area contributed by atoms with Gasteiger partial charge in [0.2, 0.25) is 0 Å². The Morgan fingerprint density at radius 2 is 1.57 bits per heavy atom. The normalized spacial score (nSPS) is 11.5. The molecule has 0 radical (unpaired) electrons. The second-order valence-electron chi connectivity index (χ2n) is 6.18. The molecule has 0 unspecified atom stereocenters. The number of aromatic nitrogens is 2. The van der Waals surface area contributed by atoms with Crippen LogP contribution in [-0.4, -0.2) is 15.9 Å². The zero-order chi connectivity index (χ0) is 19.7. The Balaban J connectivity index is 1.56. The van der Waals surface area contributed by atoms with E-state index in [1.54, 1.807) is 24.3 Å². The summed E-state index contributed by atoms with van der Waals surface area (Å²) >= 11 is 0. The summed E-state index contributed by atoms with van der Waals surface area (Å²) in [5.41, 5.74) is 1.53. The third-order valence-corrected chi connectivity index (χ3v) is 4.28. The number of anilines is 1. The molecule has 4 aromatic rings. The average Bonchev–Trinajstić information content (AvgIpc) is 3.12. The number of aromatic amines is 1. The second kappa shape index (κ2) is 6.84. The molecule has 0 spiro atoms. The lowest BCUT2D eigenvalue weighted by molar-refractivity contribution is -0.137. The van der Waals surface area contributed by atoms with E-state index >= 15 is 0 Å². The second-order valence-corrected chi connectivity index (χ2v) is 6.18. The Labute approximate surface area is 158 Å². The molecule has 1 amide bonds. The van der Waals surface area contributed by atoms with Gasteiger partial charge in [-0.05, 0) is 48.5 Å². The number of rotatable bonds is 3. The number of alkyl halides is 3. The van der Waals surface area contributed by atoms with Crippen LogP contribution in [0.15, 0.2) is 72.8 Å². The Morgan fingerprint density at radius 3 is 2.29 bits per heavy atom. The molecule has 3 aromatic carbocycles. The van der Waals surface area contributed by atoms with Gasteiger partial charge in [-0.25, -0.2) is 4.98 Å². The molecule has 4 nitrogen and oxygen atoms in total. The summed E-state index contributed by atoms with van der Waals surface area (Å²) in [6.45, 7) is 0. The van der Waals surface area contributed by atoms with E-state index in [4.69, 9.17) is 0 Å². The lowest BCUT2D eigenvalue weighted by Gasteiger charge is -2.12. The van der Waals surface area contributed by atoms with Gasteiger partial charge in [0.25, 0.3) is 5.91 Å². The van der Waals surface area contributed by atoms with Gasteiger partial charge in [0, 0.05) is 11.3 Å². The van der Waals surface area contributed by atoms with Crippen molar-refractivity contribution in [3.8, 4) is 11.4 Å². The molecule has 1 aromatic heterocycles. The first kappa shape index (κ1) is 17.8. The number of halogens is 3. The number of carbonyl (C=O) groups excluding carboxylic acids is 1. The largest absolute Gasteiger partial charge is 0.417 e. The molecule has 0 atom stereocenters. The van der Waals surface area contributed by atoms with Gasteiger partial charge in [0.15, 0.2) is 0 Å². The molecule has 28 heavy (non-hydrogen) atoms. The molecule has 0 saturated heterocycles. The number of benzene rings is 3. The van der Waals surface area contributed by atoms with E-state index < -0.39 is 23.2 Å². The van der Waals surface area contributed by atoms with Gasteiger partial charge in [0.1, 0.15) is 5.82 Å². The average molecular weight is 381 g/mol. The number of H-pyrrole nitrogens is 1.